The summed E-state index contributed by atoms with van der Waals surface area (Å²) in [6.07, 6.45) is 1.58. The molecule has 2 aromatic rings. The SMILES string of the molecule is Cc1cc(C)c(NCC(=O)N(C)C2CCN(C(=O)c3ccccc3)CC2)c(C)c1N. The number of anilines is 2. The molecule has 0 aromatic heterocycles. The molecule has 30 heavy (non-hydrogen) atoms. The minimum absolute atomic E-state index is 0.0424. The highest BCUT2D eigenvalue weighted by atomic mass is 16.2. The summed E-state index contributed by atoms with van der Waals surface area (Å²) in [6.45, 7) is 7.55. The first kappa shape index (κ1) is 21.7. The summed E-state index contributed by atoms with van der Waals surface area (Å²) < 4.78 is 0. The summed E-state index contributed by atoms with van der Waals surface area (Å²) >= 11 is 0. The fraction of sp³-hybridized carbons (Fsp3) is 0.417. The molecule has 6 nitrogen and oxygen atoms in total. The van der Waals surface area contributed by atoms with Gasteiger partial charge in [0.2, 0.25) is 5.91 Å². The largest absolute Gasteiger partial charge is 0.398 e. The van der Waals surface area contributed by atoms with Gasteiger partial charge in [-0.05, 0) is 62.4 Å². The zero-order chi connectivity index (χ0) is 21.8. The number of carbonyl (C=O) groups is 2. The van der Waals surface area contributed by atoms with Crippen LogP contribution >= 0.6 is 0 Å². The van der Waals surface area contributed by atoms with Crippen molar-refractivity contribution in [2.24, 2.45) is 0 Å². The van der Waals surface area contributed by atoms with Crippen molar-refractivity contribution in [2.75, 3.05) is 37.7 Å². The van der Waals surface area contributed by atoms with Gasteiger partial charge in [0, 0.05) is 43.1 Å². The topological polar surface area (TPSA) is 78.7 Å². The van der Waals surface area contributed by atoms with Crippen LogP contribution in [0.2, 0.25) is 0 Å². The second-order valence-electron chi connectivity index (χ2n) is 8.17. The summed E-state index contributed by atoms with van der Waals surface area (Å²) in [7, 11) is 1.85. The second-order valence-corrected chi connectivity index (χ2v) is 8.17. The maximum Gasteiger partial charge on any atom is 0.253 e. The van der Waals surface area contributed by atoms with Crippen molar-refractivity contribution in [1.29, 1.82) is 0 Å². The van der Waals surface area contributed by atoms with Gasteiger partial charge in [-0.2, -0.15) is 0 Å². The van der Waals surface area contributed by atoms with Gasteiger partial charge >= 0.3 is 0 Å². The molecule has 2 amide bonds. The summed E-state index contributed by atoms with van der Waals surface area (Å²) in [5.74, 6) is 0.105. The fourth-order valence-corrected chi connectivity index (χ4v) is 4.18. The van der Waals surface area contributed by atoms with E-state index >= 15 is 0 Å². The number of benzene rings is 2. The van der Waals surface area contributed by atoms with Crippen LogP contribution in [-0.2, 0) is 4.79 Å². The van der Waals surface area contributed by atoms with E-state index in [-0.39, 0.29) is 24.4 Å². The lowest BCUT2D eigenvalue weighted by molar-refractivity contribution is -0.130. The van der Waals surface area contributed by atoms with Gasteiger partial charge in [0.15, 0.2) is 0 Å². The van der Waals surface area contributed by atoms with Crippen molar-refractivity contribution in [2.45, 2.75) is 39.7 Å². The van der Waals surface area contributed by atoms with Crippen molar-refractivity contribution >= 4 is 23.2 Å². The van der Waals surface area contributed by atoms with Crippen LogP contribution < -0.4 is 11.1 Å². The molecule has 1 saturated heterocycles. The standard InChI is InChI=1S/C24H32N4O2/c1-16-14-17(2)23(18(3)22(16)25)26-15-21(29)27(4)20-10-12-28(13-11-20)24(30)19-8-6-5-7-9-19/h5-9,14,20,26H,10-13,15,25H2,1-4H3. The molecule has 0 saturated carbocycles. The van der Waals surface area contributed by atoms with E-state index in [0.29, 0.717) is 18.7 Å². The van der Waals surface area contributed by atoms with Gasteiger partial charge in [-0.3, -0.25) is 9.59 Å². The van der Waals surface area contributed by atoms with E-state index in [4.69, 9.17) is 5.73 Å². The Morgan fingerprint density at radius 1 is 1.10 bits per heavy atom. The molecule has 160 valence electrons. The van der Waals surface area contributed by atoms with Crippen LogP contribution in [0.15, 0.2) is 36.4 Å². The zero-order valence-electron chi connectivity index (χ0n) is 18.4. The highest BCUT2D eigenvalue weighted by Crippen LogP contribution is 2.28. The lowest BCUT2D eigenvalue weighted by Crippen LogP contribution is -2.48. The number of nitrogens with zero attached hydrogens (tertiary/aromatic N) is 2. The molecule has 0 spiro atoms. The number of piperidine rings is 1. The maximum atomic E-state index is 12.8. The second kappa shape index (κ2) is 9.20. The number of nitrogens with two attached hydrogens (primary N) is 1. The molecule has 1 heterocycles. The molecule has 0 aliphatic carbocycles. The van der Waals surface area contributed by atoms with Crippen LogP contribution in [0.3, 0.4) is 0 Å². The van der Waals surface area contributed by atoms with Crippen LogP contribution in [0.4, 0.5) is 11.4 Å². The lowest BCUT2D eigenvalue weighted by Gasteiger charge is -2.37. The maximum absolute atomic E-state index is 12.8. The van der Waals surface area contributed by atoms with Crippen LogP contribution in [-0.4, -0.2) is 54.3 Å². The van der Waals surface area contributed by atoms with E-state index in [9.17, 15) is 9.59 Å². The molecule has 1 fully saturated rings. The van der Waals surface area contributed by atoms with Crippen LogP contribution in [0.1, 0.15) is 39.9 Å². The number of carbonyl (C=O) groups excluding carboxylic acids is 2. The van der Waals surface area contributed by atoms with E-state index in [1.165, 1.54) is 0 Å². The number of aryl methyl sites for hydroxylation is 2. The van der Waals surface area contributed by atoms with Gasteiger partial charge < -0.3 is 20.9 Å². The van der Waals surface area contributed by atoms with Gasteiger partial charge in [0.1, 0.15) is 0 Å². The van der Waals surface area contributed by atoms with Gasteiger partial charge in [0.25, 0.3) is 5.91 Å². The lowest BCUT2D eigenvalue weighted by atomic mass is 10.0. The number of likely N-dealkylation sites (N-methyl/N-ethyl adjacent to an activating group) is 1. The average molecular weight is 409 g/mol. The summed E-state index contributed by atoms with van der Waals surface area (Å²) in [4.78, 5) is 29.1. The molecule has 0 radical (unpaired) electrons. The molecule has 6 heteroatoms. The summed E-state index contributed by atoms with van der Waals surface area (Å²) in [5, 5.41) is 3.28. The first-order valence-electron chi connectivity index (χ1n) is 10.5. The Labute approximate surface area is 179 Å². The smallest absolute Gasteiger partial charge is 0.253 e. The van der Waals surface area contributed by atoms with Gasteiger partial charge in [-0.1, -0.05) is 24.3 Å². The van der Waals surface area contributed by atoms with Crippen LogP contribution in [0.5, 0.6) is 0 Å². The monoisotopic (exact) mass is 408 g/mol. The molecule has 0 atom stereocenters. The van der Waals surface area contributed by atoms with Crippen LogP contribution in [0, 0.1) is 20.8 Å². The first-order chi connectivity index (χ1) is 14.3. The molecule has 3 rings (SSSR count). The summed E-state index contributed by atoms with van der Waals surface area (Å²) in [5.41, 5.74) is 11.7. The Kier molecular flexibility index (Phi) is 6.65. The predicted octanol–water partition coefficient (Wildman–Crippen LogP) is 3.37. The van der Waals surface area contributed by atoms with Gasteiger partial charge in [-0.15, -0.1) is 0 Å². The Morgan fingerprint density at radius 3 is 2.37 bits per heavy atom. The Balaban J connectivity index is 1.54. The van der Waals surface area contributed by atoms with Crippen molar-refractivity contribution in [3.63, 3.8) is 0 Å². The number of rotatable bonds is 5. The van der Waals surface area contributed by atoms with Gasteiger partial charge in [0.05, 0.1) is 6.54 Å². The van der Waals surface area contributed by atoms with E-state index in [0.717, 1.165) is 40.9 Å². The molecule has 1 aliphatic heterocycles. The third-order valence-electron chi connectivity index (χ3n) is 6.16. The molecular formula is C24H32N4O2. The number of amides is 2. The fourth-order valence-electron chi connectivity index (χ4n) is 4.18. The van der Waals surface area contributed by atoms with E-state index in [1.807, 2.05) is 74.0 Å². The molecular weight excluding hydrogens is 376 g/mol. The third-order valence-corrected chi connectivity index (χ3v) is 6.16. The Hall–Kier alpha value is -3.02. The van der Waals surface area contributed by atoms with Gasteiger partial charge in [-0.25, -0.2) is 0 Å². The Morgan fingerprint density at radius 2 is 1.73 bits per heavy atom. The van der Waals surface area contributed by atoms with Crippen LogP contribution in [0.25, 0.3) is 0 Å². The minimum atomic E-state index is 0.0424. The zero-order valence-corrected chi connectivity index (χ0v) is 18.4. The molecule has 3 N–H and O–H groups in total. The van der Waals surface area contributed by atoms with Crippen molar-refractivity contribution in [3.8, 4) is 0 Å². The number of hydrogen-bond donors (Lipinski definition) is 2. The molecule has 2 aromatic carbocycles. The highest BCUT2D eigenvalue weighted by molar-refractivity contribution is 5.94. The number of likely N-dealkylation sites (tertiary alicyclic amines) is 1. The Bertz CT molecular complexity index is 919. The highest BCUT2D eigenvalue weighted by Gasteiger charge is 2.28. The van der Waals surface area contributed by atoms with Crippen molar-refractivity contribution < 1.29 is 9.59 Å². The first-order valence-corrected chi connectivity index (χ1v) is 10.5. The number of nitrogens with one attached hydrogen (secondary N) is 1. The number of nitrogen functional groups attached to an aromatic ring is 1. The molecule has 0 bridgehead atoms. The van der Waals surface area contributed by atoms with E-state index in [1.54, 1.807) is 0 Å². The quantitative estimate of drug-likeness (QED) is 0.744. The minimum Gasteiger partial charge on any atom is -0.398 e. The third kappa shape index (κ3) is 4.58. The normalized spacial score (nSPS) is 14.5. The molecule has 1 aliphatic rings. The van der Waals surface area contributed by atoms with Crippen molar-refractivity contribution in [1.82, 2.24) is 9.80 Å². The average Bonchev–Trinajstić information content (AvgIpc) is 2.77. The van der Waals surface area contributed by atoms with Crippen molar-refractivity contribution in [3.05, 3.63) is 58.7 Å². The summed E-state index contributed by atoms with van der Waals surface area (Å²) in [6, 6.07) is 11.5. The number of hydrogen-bond acceptors (Lipinski definition) is 4. The molecule has 0 unspecified atom stereocenters. The predicted molar refractivity (Wildman–Crippen MR) is 122 cm³/mol. The van der Waals surface area contributed by atoms with E-state index in [2.05, 4.69) is 5.32 Å². The van der Waals surface area contributed by atoms with E-state index < -0.39 is 0 Å².